The number of carboxylic acid groups (broad SMARTS) is 1. The van der Waals surface area contributed by atoms with Crippen LogP contribution in [0.3, 0.4) is 0 Å². The molecule has 2 amide bonds. The van der Waals surface area contributed by atoms with Crippen LogP contribution in [0.5, 0.6) is 0 Å². The van der Waals surface area contributed by atoms with Crippen LogP contribution in [0.2, 0.25) is 0 Å². The average Bonchev–Trinajstić information content (AvgIpc) is 3.13. The average molecular weight is 473 g/mol. The summed E-state index contributed by atoms with van der Waals surface area (Å²) in [5.74, 6) is -1.24. The van der Waals surface area contributed by atoms with Crippen molar-refractivity contribution < 1.29 is 29.3 Å². The Balaban J connectivity index is 1.58. The summed E-state index contributed by atoms with van der Waals surface area (Å²) in [5.41, 5.74) is 4.45. The van der Waals surface area contributed by atoms with Crippen LogP contribution >= 0.6 is 11.8 Å². The van der Waals surface area contributed by atoms with E-state index in [1.165, 1.54) is 11.8 Å². The van der Waals surface area contributed by atoms with Crippen molar-refractivity contribution in [2.24, 2.45) is 0 Å². The summed E-state index contributed by atoms with van der Waals surface area (Å²) in [7, 11) is 0. The zero-order valence-corrected chi connectivity index (χ0v) is 19.1. The lowest BCUT2D eigenvalue weighted by Crippen LogP contribution is -2.48. The molecule has 3 rings (SSSR count). The summed E-state index contributed by atoms with van der Waals surface area (Å²) in [6.45, 7) is 0.121. The lowest BCUT2D eigenvalue weighted by molar-refractivity contribution is -0.147. The van der Waals surface area contributed by atoms with Crippen molar-refractivity contribution in [3.63, 3.8) is 0 Å². The van der Waals surface area contributed by atoms with E-state index >= 15 is 0 Å². The van der Waals surface area contributed by atoms with Gasteiger partial charge in [0.15, 0.2) is 6.10 Å². The van der Waals surface area contributed by atoms with E-state index in [0.29, 0.717) is 12.2 Å². The maximum Gasteiger partial charge on any atom is 0.407 e. The Hall–Kier alpha value is -3.04. The lowest BCUT2D eigenvalue weighted by Gasteiger charge is -2.20. The first-order chi connectivity index (χ1) is 15.9. The quantitative estimate of drug-likeness (QED) is 0.396. The fraction of sp³-hybridized carbons (Fsp3) is 0.375. The lowest BCUT2D eigenvalue weighted by atomic mass is 9.98. The molecule has 176 valence electrons. The van der Waals surface area contributed by atoms with Crippen LogP contribution in [0.25, 0.3) is 11.1 Å². The number of hydrogen-bond acceptors (Lipinski definition) is 6. The normalized spacial score (nSPS) is 14.0. The number of aliphatic hydroxyl groups excluding tert-OH is 1. The summed E-state index contributed by atoms with van der Waals surface area (Å²) in [4.78, 5) is 35.7. The van der Waals surface area contributed by atoms with Gasteiger partial charge < -0.3 is 25.6 Å². The van der Waals surface area contributed by atoms with Gasteiger partial charge in [-0.1, -0.05) is 48.5 Å². The molecule has 4 N–H and O–H groups in total. The number of nitrogens with one attached hydrogen (secondary N) is 2. The Bertz CT molecular complexity index is 953. The molecule has 0 heterocycles. The highest BCUT2D eigenvalue weighted by Gasteiger charge is 2.29. The molecule has 1 aliphatic rings. The fourth-order valence-electron chi connectivity index (χ4n) is 3.87. The van der Waals surface area contributed by atoms with E-state index in [1.54, 1.807) is 0 Å². The number of hydrogen-bond donors (Lipinski definition) is 4. The maximum atomic E-state index is 12.5. The van der Waals surface area contributed by atoms with Gasteiger partial charge in [0.05, 0.1) is 0 Å². The summed E-state index contributed by atoms with van der Waals surface area (Å²) in [6, 6.07) is 15.2. The van der Waals surface area contributed by atoms with Crippen LogP contribution in [-0.2, 0) is 14.3 Å². The van der Waals surface area contributed by atoms with E-state index in [1.807, 2.05) is 42.7 Å². The van der Waals surface area contributed by atoms with Gasteiger partial charge >= 0.3 is 12.1 Å². The highest BCUT2D eigenvalue weighted by Crippen LogP contribution is 2.44. The van der Waals surface area contributed by atoms with Crippen molar-refractivity contribution in [3.8, 4) is 11.1 Å². The smallest absolute Gasteiger partial charge is 0.407 e. The van der Waals surface area contributed by atoms with Crippen LogP contribution < -0.4 is 10.6 Å². The molecule has 0 aromatic heterocycles. The van der Waals surface area contributed by atoms with E-state index in [4.69, 9.17) is 9.84 Å². The predicted molar refractivity (Wildman–Crippen MR) is 126 cm³/mol. The minimum atomic E-state index is -1.55. The zero-order chi connectivity index (χ0) is 23.8. The molecule has 8 nitrogen and oxygen atoms in total. The summed E-state index contributed by atoms with van der Waals surface area (Å²) >= 11 is 1.54. The van der Waals surface area contributed by atoms with Crippen molar-refractivity contribution in [2.75, 3.05) is 25.2 Å². The van der Waals surface area contributed by atoms with Gasteiger partial charge in [-0.15, -0.1) is 0 Å². The highest BCUT2D eigenvalue weighted by atomic mass is 32.2. The number of fused-ring (bicyclic) bond motifs is 3. The van der Waals surface area contributed by atoms with Gasteiger partial charge in [0.1, 0.15) is 12.6 Å². The Morgan fingerprint density at radius 3 is 2.21 bits per heavy atom. The number of rotatable bonds is 11. The molecule has 2 atom stereocenters. The monoisotopic (exact) mass is 472 g/mol. The van der Waals surface area contributed by atoms with Gasteiger partial charge in [-0.05, 0) is 40.7 Å². The minimum Gasteiger partial charge on any atom is -0.479 e. The zero-order valence-electron chi connectivity index (χ0n) is 18.3. The predicted octanol–water partition coefficient (Wildman–Crippen LogP) is 2.60. The van der Waals surface area contributed by atoms with Crippen LogP contribution in [0.4, 0.5) is 4.79 Å². The van der Waals surface area contributed by atoms with Gasteiger partial charge in [0, 0.05) is 18.9 Å². The molecule has 33 heavy (non-hydrogen) atoms. The molecule has 0 radical (unpaired) electrons. The number of alkyl carbamates (subject to hydrolysis) is 1. The molecule has 0 bridgehead atoms. The number of amides is 2. The van der Waals surface area contributed by atoms with Crippen LogP contribution in [-0.4, -0.2) is 65.5 Å². The van der Waals surface area contributed by atoms with E-state index < -0.39 is 30.1 Å². The largest absolute Gasteiger partial charge is 0.479 e. The Labute approximate surface area is 196 Å². The number of ether oxygens (including phenoxy) is 1. The van der Waals surface area contributed by atoms with Gasteiger partial charge in [0.2, 0.25) is 5.91 Å². The molecule has 0 unspecified atom stereocenters. The van der Waals surface area contributed by atoms with Crippen LogP contribution in [0.1, 0.15) is 29.9 Å². The third kappa shape index (κ3) is 6.27. The third-order valence-corrected chi connectivity index (χ3v) is 6.21. The molecular weight excluding hydrogens is 444 g/mol. The van der Waals surface area contributed by atoms with Crippen molar-refractivity contribution in [2.45, 2.75) is 30.9 Å². The first kappa shape index (κ1) is 24.6. The second-order valence-corrected chi connectivity index (χ2v) is 8.72. The van der Waals surface area contributed by atoms with Crippen molar-refractivity contribution in [3.05, 3.63) is 59.7 Å². The number of carboxylic acids is 1. The van der Waals surface area contributed by atoms with E-state index in [-0.39, 0.29) is 25.5 Å². The molecule has 9 heteroatoms. The number of aliphatic carboxylic acids is 1. The SMILES string of the molecule is CSCC[C@H](NC(=O)OCC1c2ccccc2-c2ccccc21)C(=O)NCC[C@H](O)C(=O)O. The number of benzene rings is 2. The molecule has 0 saturated carbocycles. The standard InChI is InChI=1S/C24H28N2O6S/c1-33-13-11-20(22(28)25-12-10-21(27)23(29)30)26-24(31)32-14-19-17-8-4-2-6-15(17)16-7-3-5-9-18(16)19/h2-9,19-21,27H,10-14H2,1H3,(H,25,28)(H,26,31)(H,29,30)/t20-,21-/m0/s1. The van der Waals surface area contributed by atoms with Gasteiger partial charge in [-0.2, -0.15) is 11.8 Å². The molecule has 0 aliphatic heterocycles. The number of thioether (sulfide) groups is 1. The molecule has 2 aromatic carbocycles. The first-order valence-electron chi connectivity index (χ1n) is 10.7. The Morgan fingerprint density at radius 1 is 1.03 bits per heavy atom. The first-order valence-corrected chi connectivity index (χ1v) is 12.1. The summed E-state index contributed by atoms with van der Waals surface area (Å²) in [5, 5.41) is 23.2. The fourth-order valence-corrected chi connectivity index (χ4v) is 4.34. The van der Waals surface area contributed by atoms with Crippen LogP contribution in [0, 0.1) is 0 Å². The molecular formula is C24H28N2O6S. The van der Waals surface area contributed by atoms with E-state index in [9.17, 15) is 19.5 Å². The molecule has 1 aliphatic carbocycles. The van der Waals surface area contributed by atoms with Crippen molar-refractivity contribution in [1.29, 1.82) is 0 Å². The molecule has 0 spiro atoms. The van der Waals surface area contributed by atoms with Crippen molar-refractivity contribution in [1.82, 2.24) is 10.6 Å². The van der Waals surface area contributed by atoms with E-state index in [2.05, 4.69) is 22.8 Å². The van der Waals surface area contributed by atoms with Crippen LogP contribution in [0.15, 0.2) is 48.5 Å². The van der Waals surface area contributed by atoms with Gasteiger partial charge in [0.25, 0.3) is 0 Å². The number of carbonyl (C=O) groups excluding carboxylic acids is 2. The van der Waals surface area contributed by atoms with Gasteiger partial charge in [-0.25, -0.2) is 9.59 Å². The highest BCUT2D eigenvalue weighted by molar-refractivity contribution is 7.98. The topological polar surface area (TPSA) is 125 Å². The number of carbonyl (C=O) groups is 3. The molecule has 2 aromatic rings. The molecule has 0 fully saturated rings. The Morgan fingerprint density at radius 2 is 1.64 bits per heavy atom. The molecule has 0 saturated heterocycles. The minimum absolute atomic E-state index is 0.0194. The number of aliphatic hydroxyl groups is 1. The second-order valence-electron chi connectivity index (χ2n) is 7.74. The summed E-state index contributed by atoms with van der Waals surface area (Å²) in [6.07, 6.45) is -0.0838. The maximum absolute atomic E-state index is 12.5. The third-order valence-electron chi connectivity index (χ3n) is 5.56. The van der Waals surface area contributed by atoms with E-state index in [0.717, 1.165) is 22.3 Å². The van der Waals surface area contributed by atoms with Crippen molar-refractivity contribution >= 4 is 29.7 Å². The summed E-state index contributed by atoms with van der Waals surface area (Å²) < 4.78 is 5.52. The van der Waals surface area contributed by atoms with Gasteiger partial charge in [-0.3, -0.25) is 4.79 Å². The second kappa shape index (κ2) is 11.7. The Kier molecular flexibility index (Phi) is 8.73.